The fourth-order valence-electron chi connectivity index (χ4n) is 2.36. The predicted octanol–water partition coefficient (Wildman–Crippen LogP) is 1.83. The molecule has 0 aromatic carbocycles. The van der Waals surface area contributed by atoms with Gasteiger partial charge in [0, 0.05) is 25.3 Å². The minimum absolute atomic E-state index is 0.111. The van der Waals surface area contributed by atoms with Crippen LogP contribution < -0.4 is 10.1 Å². The van der Waals surface area contributed by atoms with Crippen LogP contribution in [-0.4, -0.2) is 53.7 Å². The van der Waals surface area contributed by atoms with E-state index in [1.54, 1.807) is 23.2 Å². The Kier molecular flexibility index (Phi) is 5.08. The van der Waals surface area contributed by atoms with E-state index in [4.69, 9.17) is 9.47 Å². The Morgan fingerprint density at radius 3 is 2.78 bits per heavy atom. The maximum Gasteiger partial charge on any atom is 0.410 e. The van der Waals surface area contributed by atoms with Crippen molar-refractivity contribution in [3.8, 4) is 5.88 Å². The van der Waals surface area contributed by atoms with Crippen molar-refractivity contribution in [3.05, 3.63) is 23.9 Å². The fraction of sp³-hybridized carbons (Fsp3) is 0.562. The number of hydrogen-bond donors (Lipinski definition) is 1. The molecule has 1 saturated heterocycles. The first-order valence-corrected chi connectivity index (χ1v) is 7.58. The summed E-state index contributed by atoms with van der Waals surface area (Å²) in [4.78, 5) is 30.0. The summed E-state index contributed by atoms with van der Waals surface area (Å²) in [5.74, 6) is 0.0259. The van der Waals surface area contributed by atoms with Crippen LogP contribution in [0.3, 0.4) is 0 Å². The zero-order chi connectivity index (χ0) is 17.0. The van der Waals surface area contributed by atoms with E-state index in [2.05, 4.69) is 10.3 Å². The molecule has 1 aliphatic rings. The van der Waals surface area contributed by atoms with Gasteiger partial charge < -0.3 is 19.7 Å². The lowest BCUT2D eigenvalue weighted by atomic mass is 10.2. The molecule has 0 radical (unpaired) electrons. The molecule has 1 aromatic rings. The summed E-state index contributed by atoms with van der Waals surface area (Å²) >= 11 is 0. The Labute approximate surface area is 136 Å². The number of ether oxygens (including phenoxy) is 2. The van der Waals surface area contributed by atoms with Gasteiger partial charge in [-0.15, -0.1) is 0 Å². The minimum atomic E-state index is -0.526. The van der Waals surface area contributed by atoms with Crippen molar-refractivity contribution < 1.29 is 19.1 Å². The number of likely N-dealkylation sites (tertiary alicyclic amines) is 1. The highest BCUT2D eigenvalue weighted by Crippen LogP contribution is 2.17. The van der Waals surface area contributed by atoms with Crippen molar-refractivity contribution in [1.82, 2.24) is 15.2 Å². The number of carbonyl (C=O) groups is 2. The highest BCUT2D eigenvalue weighted by atomic mass is 16.6. The number of pyridine rings is 1. The molecular weight excluding hydrogens is 298 g/mol. The van der Waals surface area contributed by atoms with Crippen LogP contribution in [0, 0.1) is 0 Å². The Balaban J connectivity index is 1.93. The quantitative estimate of drug-likeness (QED) is 0.918. The van der Waals surface area contributed by atoms with Crippen molar-refractivity contribution >= 4 is 12.0 Å². The molecule has 0 bridgehead atoms. The summed E-state index contributed by atoms with van der Waals surface area (Å²) in [6.45, 7) is 6.48. The Bertz CT molecular complexity index is 583. The number of carbonyl (C=O) groups excluding carboxylic acids is 2. The third-order valence-corrected chi connectivity index (χ3v) is 3.38. The largest absolute Gasteiger partial charge is 0.480 e. The second-order valence-corrected chi connectivity index (χ2v) is 6.45. The normalized spacial score (nSPS) is 17.7. The van der Waals surface area contributed by atoms with Gasteiger partial charge in [0.25, 0.3) is 5.91 Å². The zero-order valence-electron chi connectivity index (χ0n) is 14.0. The number of nitrogens with one attached hydrogen (secondary N) is 1. The van der Waals surface area contributed by atoms with Gasteiger partial charge in [0.1, 0.15) is 11.2 Å². The highest BCUT2D eigenvalue weighted by Gasteiger charge is 2.31. The van der Waals surface area contributed by atoms with Gasteiger partial charge in [0.15, 0.2) is 0 Å². The van der Waals surface area contributed by atoms with Gasteiger partial charge >= 0.3 is 6.09 Å². The summed E-state index contributed by atoms with van der Waals surface area (Å²) in [7, 11) is 1.47. The SMILES string of the molecule is COc1ncccc1C(=O)N[C@H]1CCN(C(=O)OC(C)(C)C)C1. The van der Waals surface area contributed by atoms with Crippen LogP contribution >= 0.6 is 0 Å². The summed E-state index contributed by atoms with van der Waals surface area (Å²) < 4.78 is 10.4. The molecule has 0 spiro atoms. The first-order valence-electron chi connectivity index (χ1n) is 7.58. The van der Waals surface area contributed by atoms with E-state index in [0.717, 1.165) is 0 Å². The van der Waals surface area contributed by atoms with Crippen LogP contribution in [0.2, 0.25) is 0 Å². The van der Waals surface area contributed by atoms with Crippen molar-refractivity contribution in [2.24, 2.45) is 0 Å². The lowest BCUT2D eigenvalue weighted by molar-refractivity contribution is 0.0290. The van der Waals surface area contributed by atoms with Gasteiger partial charge in [-0.3, -0.25) is 4.79 Å². The molecule has 2 heterocycles. The predicted molar refractivity (Wildman–Crippen MR) is 84.5 cm³/mol. The van der Waals surface area contributed by atoms with E-state index < -0.39 is 5.60 Å². The standard InChI is InChI=1S/C16H23N3O4/c1-16(2,3)23-15(21)19-9-7-11(10-19)18-13(20)12-6-5-8-17-14(12)22-4/h5-6,8,11H,7,9-10H2,1-4H3,(H,18,20)/t11-/m0/s1. The van der Waals surface area contributed by atoms with Gasteiger partial charge in [-0.25, -0.2) is 9.78 Å². The fourth-order valence-corrected chi connectivity index (χ4v) is 2.36. The lowest BCUT2D eigenvalue weighted by Gasteiger charge is -2.24. The third-order valence-electron chi connectivity index (χ3n) is 3.38. The lowest BCUT2D eigenvalue weighted by Crippen LogP contribution is -2.40. The molecule has 23 heavy (non-hydrogen) atoms. The second kappa shape index (κ2) is 6.85. The first-order chi connectivity index (χ1) is 10.8. The van der Waals surface area contributed by atoms with Crippen LogP contribution in [0.4, 0.5) is 4.79 Å². The van der Waals surface area contributed by atoms with Crippen molar-refractivity contribution in [2.45, 2.75) is 38.8 Å². The monoisotopic (exact) mass is 321 g/mol. The maximum absolute atomic E-state index is 12.3. The van der Waals surface area contributed by atoms with E-state index >= 15 is 0 Å². The zero-order valence-corrected chi connectivity index (χ0v) is 14.0. The molecule has 0 unspecified atom stereocenters. The third kappa shape index (κ3) is 4.58. The molecule has 1 aromatic heterocycles. The van der Waals surface area contributed by atoms with E-state index in [9.17, 15) is 9.59 Å². The highest BCUT2D eigenvalue weighted by molar-refractivity contribution is 5.96. The van der Waals surface area contributed by atoms with Crippen LogP contribution in [0.15, 0.2) is 18.3 Å². The number of methoxy groups -OCH3 is 1. The summed E-state index contributed by atoms with van der Waals surface area (Å²) in [6.07, 6.45) is 1.90. The Morgan fingerprint density at radius 1 is 1.39 bits per heavy atom. The van der Waals surface area contributed by atoms with E-state index in [-0.39, 0.29) is 23.9 Å². The van der Waals surface area contributed by atoms with E-state index in [0.29, 0.717) is 25.1 Å². The molecule has 2 rings (SSSR count). The van der Waals surface area contributed by atoms with Crippen LogP contribution in [0.25, 0.3) is 0 Å². The van der Waals surface area contributed by atoms with Crippen molar-refractivity contribution in [2.75, 3.05) is 20.2 Å². The first kappa shape index (κ1) is 17.1. The van der Waals surface area contributed by atoms with Gasteiger partial charge in [0.2, 0.25) is 5.88 Å². The molecule has 1 atom stereocenters. The number of aromatic nitrogens is 1. The maximum atomic E-state index is 12.3. The van der Waals surface area contributed by atoms with Gasteiger partial charge in [-0.05, 0) is 39.3 Å². The molecular formula is C16H23N3O4. The Morgan fingerprint density at radius 2 is 2.13 bits per heavy atom. The number of rotatable bonds is 3. The molecule has 1 N–H and O–H groups in total. The second-order valence-electron chi connectivity index (χ2n) is 6.45. The summed E-state index contributed by atoms with van der Waals surface area (Å²) in [5, 5.41) is 2.91. The van der Waals surface area contributed by atoms with Crippen molar-refractivity contribution in [3.63, 3.8) is 0 Å². The molecule has 1 fully saturated rings. The molecule has 7 heteroatoms. The molecule has 7 nitrogen and oxygen atoms in total. The van der Waals surface area contributed by atoms with Crippen molar-refractivity contribution in [1.29, 1.82) is 0 Å². The smallest absolute Gasteiger partial charge is 0.410 e. The molecule has 126 valence electrons. The summed E-state index contributed by atoms with van der Waals surface area (Å²) in [6, 6.07) is 3.22. The average Bonchev–Trinajstić information content (AvgIpc) is 2.94. The van der Waals surface area contributed by atoms with Crippen LogP contribution in [0.1, 0.15) is 37.6 Å². The molecule has 2 amide bonds. The number of amides is 2. The van der Waals surface area contributed by atoms with Crippen LogP contribution in [-0.2, 0) is 4.74 Å². The number of nitrogens with zero attached hydrogens (tertiary/aromatic N) is 2. The Hall–Kier alpha value is -2.31. The minimum Gasteiger partial charge on any atom is -0.480 e. The summed E-state index contributed by atoms with van der Waals surface area (Å²) in [5.41, 5.74) is -0.146. The van der Waals surface area contributed by atoms with Crippen LogP contribution in [0.5, 0.6) is 5.88 Å². The van der Waals surface area contributed by atoms with Gasteiger partial charge in [0.05, 0.1) is 7.11 Å². The molecule has 1 aliphatic heterocycles. The van der Waals surface area contributed by atoms with Gasteiger partial charge in [-0.2, -0.15) is 0 Å². The topological polar surface area (TPSA) is 80.8 Å². The number of hydrogen-bond acceptors (Lipinski definition) is 5. The van der Waals surface area contributed by atoms with E-state index in [1.165, 1.54) is 7.11 Å². The molecule has 0 saturated carbocycles. The average molecular weight is 321 g/mol. The molecule has 0 aliphatic carbocycles. The van der Waals surface area contributed by atoms with E-state index in [1.807, 2.05) is 20.8 Å². The van der Waals surface area contributed by atoms with Gasteiger partial charge in [-0.1, -0.05) is 0 Å².